The van der Waals surface area contributed by atoms with Crippen LogP contribution < -0.4 is 11.1 Å². The Morgan fingerprint density at radius 2 is 2.37 bits per heavy atom. The third-order valence-electron chi connectivity index (χ3n) is 2.75. The van der Waals surface area contributed by atoms with Gasteiger partial charge in [0.05, 0.1) is 12.2 Å². The minimum atomic E-state index is -0.476. The number of nitrogens with two attached hydrogens (primary N) is 1. The van der Waals surface area contributed by atoms with Crippen LogP contribution in [0.2, 0.25) is 0 Å². The predicted octanol–water partition coefficient (Wildman–Crippen LogP) is 2.41. The van der Waals surface area contributed by atoms with E-state index in [1.54, 1.807) is 6.20 Å². The van der Waals surface area contributed by atoms with E-state index in [2.05, 4.69) is 10.3 Å². The molecule has 1 aromatic carbocycles. The van der Waals surface area contributed by atoms with Crippen LogP contribution in [0.4, 0.5) is 5.69 Å². The summed E-state index contributed by atoms with van der Waals surface area (Å²) < 4.78 is 5.22. The number of anilines is 1. The van der Waals surface area contributed by atoms with Crippen molar-refractivity contribution in [2.75, 3.05) is 5.32 Å². The molecule has 100 valence electrons. The van der Waals surface area contributed by atoms with Crippen molar-refractivity contribution >= 4 is 11.6 Å². The number of carbonyl (C=O) groups excluding carboxylic acids is 1. The quantitative estimate of drug-likeness (QED) is 0.864. The van der Waals surface area contributed by atoms with Crippen molar-refractivity contribution in [2.24, 2.45) is 5.73 Å². The number of hydrogen-bond acceptors (Lipinski definition) is 4. The van der Waals surface area contributed by atoms with Gasteiger partial charge in [0.15, 0.2) is 0 Å². The van der Waals surface area contributed by atoms with Gasteiger partial charge in [-0.2, -0.15) is 0 Å². The Labute approximate surface area is 111 Å². The molecular formula is C14H17N3O2. The van der Waals surface area contributed by atoms with Crippen molar-refractivity contribution in [3.8, 4) is 11.5 Å². The number of oxazole rings is 1. The molecule has 1 amide bonds. The predicted molar refractivity (Wildman–Crippen MR) is 73.5 cm³/mol. The van der Waals surface area contributed by atoms with E-state index >= 15 is 0 Å². The third kappa shape index (κ3) is 3.42. The number of aromatic nitrogens is 1. The molecular weight excluding hydrogens is 242 g/mol. The van der Waals surface area contributed by atoms with Gasteiger partial charge in [-0.05, 0) is 24.6 Å². The van der Waals surface area contributed by atoms with Gasteiger partial charge in [-0.15, -0.1) is 0 Å². The van der Waals surface area contributed by atoms with Crippen LogP contribution in [0.5, 0.6) is 0 Å². The van der Waals surface area contributed by atoms with Gasteiger partial charge in [0.1, 0.15) is 6.26 Å². The van der Waals surface area contributed by atoms with Crippen LogP contribution in [0.25, 0.3) is 11.5 Å². The zero-order valence-corrected chi connectivity index (χ0v) is 10.8. The van der Waals surface area contributed by atoms with E-state index in [1.165, 1.54) is 6.26 Å². The molecule has 19 heavy (non-hydrogen) atoms. The molecule has 5 nitrogen and oxygen atoms in total. The summed E-state index contributed by atoms with van der Waals surface area (Å²) in [5, 5.41) is 2.80. The van der Waals surface area contributed by atoms with Crippen LogP contribution in [0, 0.1) is 0 Å². The first kappa shape index (κ1) is 13.3. The van der Waals surface area contributed by atoms with E-state index in [0.29, 0.717) is 18.0 Å². The zero-order valence-electron chi connectivity index (χ0n) is 10.8. The van der Waals surface area contributed by atoms with Gasteiger partial charge in [-0.3, -0.25) is 4.79 Å². The Morgan fingerprint density at radius 3 is 3.05 bits per heavy atom. The lowest BCUT2D eigenvalue weighted by Crippen LogP contribution is -2.35. The van der Waals surface area contributed by atoms with Gasteiger partial charge < -0.3 is 15.5 Å². The monoisotopic (exact) mass is 259 g/mol. The summed E-state index contributed by atoms with van der Waals surface area (Å²) in [5.74, 6) is 0.348. The standard InChI is InChI=1S/C14H17N3O2/c1-2-4-12(15)13(18)17-11-6-3-5-10(9-11)14-16-7-8-19-14/h3,5-9,12H,2,4,15H2,1H3,(H,17,18). The van der Waals surface area contributed by atoms with Crippen LogP contribution >= 0.6 is 0 Å². The maximum absolute atomic E-state index is 11.8. The number of carbonyl (C=O) groups is 1. The minimum Gasteiger partial charge on any atom is -0.445 e. The topological polar surface area (TPSA) is 81.2 Å². The highest BCUT2D eigenvalue weighted by molar-refractivity contribution is 5.95. The minimum absolute atomic E-state index is 0.175. The summed E-state index contributed by atoms with van der Waals surface area (Å²) in [6.45, 7) is 2.00. The van der Waals surface area contributed by atoms with Crippen molar-refractivity contribution in [1.82, 2.24) is 4.98 Å². The van der Waals surface area contributed by atoms with Gasteiger partial charge >= 0.3 is 0 Å². The number of nitrogens with one attached hydrogen (secondary N) is 1. The van der Waals surface area contributed by atoms with E-state index in [0.717, 1.165) is 12.0 Å². The highest BCUT2D eigenvalue weighted by Crippen LogP contribution is 2.20. The molecule has 1 unspecified atom stereocenters. The summed E-state index contributed by atoms with van der Waals surface area (Å²) in [7, 11) is 0. The second kappa shape index (κ2) is 6.15. The van der Waals surface area contributed by atoms with Crippen LogP contribution in [0.3, 0.4) is 0 Å². The fourth-order valence-electron chi connectivity index (χ4n) is 1.77. The van der Waals surface area contributed by atoms with E-state index < -0.39 is 6.04 Å². The Balaban J connectivity index is 2.09. The van der Waals surface area contributed by atoms with E-state index in [9.17, 15) is 4.79 Å². The first-order valence-corrected chi connectivity index (χ1v) is 6.27. The summed E-state index contributed by atoms with van der Waals surface area (Å²) in [5.41, 5.74) is 7.26. The van der Waals surface area contributed by atoms with Gasteiger partial charge in [-0.1, -0.05) is 19.4 Å². The second-order valence-electron chi connectivity index (χ2n) is 4.30. The molecule has 1 aromatic heterocycles. The largest absolute Gasteiger partial charge is 0.445 e. The fourth-order valence-corrected chi connectivity index (χ4v) is 1.77. The summed E-state index contributed by atoms with van der Waals surface area (Å²) >= 11 is 0. The first-order valence-electron chi connectivity index (χ1n) is 6.27. The molecule has 3 N–H and O–H groups in total. The molecule has 0 fully saturated rings. The van der Waals surface area contributed by atoms with E-state index in [1.807, 2.05) is 31.2 Å². The van der Waals surface area contributed by atoms with Gasteiger partial charge in [0.2, 0.25) is 11.8 Å². The van der Waals surface area contributed by atoms with E-state index in [-0.39, 0.29) is 5.91 Å². The lowest BCUT2D eigenvalue weighted by Gasteiger charge is -2.11. The molecule has 0 saturated carbocycles. The summed E-state index contributed by atoms with van der Waals surface area (Å²) in [6, 6.07) is 6.84. The van der Waals surface area contributed by atoms with Crippen molar-refractivity contribution < 1.29 is 9.21 Å². The molecule has 0 aliphatic heterocycles. The zero-order chi connectivity index (χ0) is 13.7. The van der Waals surface area contributed by atoms with Crippen LogP contribution in [0.15, 0.2) is 41.1 Å². The molecule has 1 heterocycles. The molecule has 0 aliphatic carbocycles. The SMILES string of the molecule is CCCC(N)C(=O)Nc1cccc(-c2ncco2)c1. The molecule has 1 atom stereocenters. The summed E-state index contributed by atoms with van der Waals surface area (Å²) in [4.78, 5) is 15.9. The number of benzene rings is 1. The van der Waals surface area contributed by atoms with Crippen molar-refractivity contribution in [3.63, 3.8) is 0 Å². The number of hydrogen-bond donors (Lipinski definition) is 2. The third-order valence-corrected chi connectivity index (χ3v) is 2.75. The first-order chi connectivity index (χ1) is 9.20. The van der Waals surface area contributed by atoms with Crippen molar-refractivity contribution in [1.29, 1.82) is 0 Å². The molecule has 5 heteroatoms. The molecule has 0 spiro atoms. The Kier molecular flexibility index (Phi) is 4.30. The van der Waals surface area contributed by atoms with Gasteiger partial charge in [0, 0.05) is 11.3 Å². The fraction of sp³-hybridized carbons (Fsp3) is 0.286. The van der Waals surface area contributed by atoms with Crippen molar-refractivity contribution in [2.45, 2.75) is 25.8 Å². The van der Waals surface area contributed by atoms with Gasteiger partial charge in [-0.25, -0.2) is 4.98 Å². The Hall–Kier alpha value is -2.14. The lowest BCUT2D eigenvalue weighted by atomic mass is 10.1. The van der Waals surface area contributed by atoms with Crippen molar-refractivity contribution in [3.05, 3.63) is 36.7 Å². The molecule has 2 aromatic rings. The number of rotatable bonds is 5. The maximum atomic E-state index is 11.8. The second-order valence-corrected chi connectivity index (χ2v) is 4.30. The Bertz CT molecular complexity index is 537. The van der Waals surface area contributed by atoms with Crippen LogP contribution in [-0.4, -0.2) is 16.9 Å². The molecule has 0 bridgehead atoms. The van der Waals surface area contributed by atoms with E-state index in [4.69, 9.17) is 10.2 Å². The summed E-state index contributed by atoms with van der Waals surface area (Å²) in [6.07, 6.45) is 4.64. The lowest BCUT2D eigenvalue weighted by molar-refractivity contribution is -0.117. The molecule has 0 aliphatic rings. The smallest absolute Gasteiger partial charge is 0.241 e. The molecule has 0 saturated heterocycles. The van der Waals surface area contributed by atoms with Crippen LogP contribution in [-0.2, 0) is 4.79 Å². The average Bonchev–Trinajstić information content (AvgIpc) is 2.93. The maximum Gasteiger partial charge on any atom is 0.241 e. The molecule has 2 rings (SSSR count). The normalized spacial score (nSPS) is 12.1. The molecule has 0 radical (unpaired) electrons. The number of nitrogens with zero attached hydrogens (tertiary/aromatic N) is 1. The number of amides is 1. The Morgan fingerprint density at radius 1 is 1.53 bits per heavy atom. The van der Waals surface area contributed by atoms with Gasteiger partial charge in [0.25, 0.3) is 0 Å². The highest BCUT2D eigenvalue weighted by atomic mass is 16.3. The highest BCUT2D eigenvalue weighted by Gasteiger charge is 2.12. The van der Waals surface area contributed by atoms with Crippen LogP contribution in [0.1, 0.15) is 19.8 Å². The average molecular weight is 259 g/mol.